The molecule has 2 aliphatic rings. The molecule has 8 nitrogen and oxygen atoms in total. The highest BCUT2D eigenvalue weighted by atomic mass is 16.6. The summed E-state index contributed by atoms with van der Waals surface area (Å²) in [6.07, 6.45) is 0. The predicted molar refractivity (Wildman–Crippen MR) is 114 cm³/mol. The van der Waals surface area contributed by atoms with Crippen LogP contribution >= 0.6 is 0 Å². The quantitative estimate of drug-likeness (QED) is 0.556. The van der Waals surface area contributed by atoms with Crippen molar-refractivity contribution in [2.75, 3.05) is 57.4 Å². The molecule has 2 fully saturated rings. The molecule has 2 heterocycles. The lowest BCUT2D eigenvalue weighted by Gasteiger charge is -2.36. The van der Waals surface area contributed by atoms with E-state index in [2.05, 4.69) is 11.0 Å². The Kier molecular flexibility index (Phi) is 6.25. The molecule has 0 aromatic heterocycles. The maximum absolute atomic E-state index is 13.0. The van der Waals surface area contributed by atoms with Gasteiger partial charge in [-0.3, -0.25) is 19.8 Å². The molecule has 2 aromatic rings. The van der Waals surface area contributed by atoms with E-state index < -0.39 is 0 Å². The minimum Gasteiger partial charge on any atom is -0.379 e. The fourth-order valence-electron chi connectivity index (χ4n) is 4.04. The molecule has 0 N–H and O–H groups in total. The molecule has 158 valence electrons. The van der Waals surface area contributed by atoms with Gasteiger partial charge in [0.25, 0.3) is 11.6 Å². The number of ether oxygens (including phenoxy) is 1. The molecule has 2 aliphatic heterocycles. The Bertz CT molecular complexity index is 906. The lowest BCUT2D eigenvalue weighted by atomic mass is 10.1. The van der Waals surface area contributed by atoms with E-state index in [0.29, 0.717) is 37.4 Å². The monoisotopic (exact) mass is 410 g/mol. The van der Waals surface area contributed by atoms with Crippen molar-refractivity contribution in [2.45, 2.75) is 6.54 Å². The first-order valence-electron chi connectivity index (χ1n) is 10.3. The van der Waals surface area contributed by atoms with Crippen molar-refractivity contribution in [1.82, 2.24) is 9.80 Å². The van der Waals surface area contributed by atoms with Gasteiger partial charge in [0.2, 0.25) is 0 Å². The van der Waals surface area contributed by atoms with E-state index in [4.69, 9.17) is 4.74 Å². The van der Waals surface area contributed by atoms with Gasteiger partial charge >= 0.3 is 0 Å². The first-order valence-corrected chi connectivity index (χ1v) is 10.3. The summed E-state index contributed by atoms with van der Waals surface area (Å²) < 4.78 is 5.40. The highest BCUT2D eigenvalue weighted by Gasteiger charge is 2.26. The molecule has 4 rings (SSSR count). The van der Waals surface area contributed by atoms with Crippen molar-refractivity contribution in [1.29, 1.82) is 0 Å². The van der Waals surface area contributed by atoms with Gasteiger partial charge in [0, 0.05) is 57.4 Å². The SMILES string of the molecule is O=C(c1cccc(CN2CCOCC2)c1)N1CCN(c2ccccc2[N+](=O)[O-])CC1. The number of hydrogen-bond donors (Lipinski definition) is 0. The number of benzene rings is 2. The molecule has 8 heteroatoms. The Morgan fingerprint density at radius 3 is 2.43 bits per heavy atom. The van der Waals surface area contributed by atoms with Crippen LogP contribution in [0.25, 0.3) is 0 Å². The number of carbonyl (C=O) groups excluding carboxylic acids is 1. The van der Waals surface area contributed by atoms with Crippen LogP contribution in [0.3, 0.4) is 0 Å². The maximum atomic E-state index is 13.0. The average Bonchev–Trinajstić information content (AvgIpc) is 2.79. The number of nitro groups is 1. The van der Waals surface area contributed by atoms with Crippen LogP contribution in [0.15, 0.2) is 48.5 Å². The number of piperazine rings is 1. The summed E-state index contributed by atoms with van der Waals surface area (Å²) in [5.74, 6) is 0.0149. The van der Waals surface area contributed by atoms with Crippen LogP contribution in [-0.4, -0.2) is 73.1 Å². The second-order valence-electron chi connectivity index (χ2n) is 7.61. The number of hydrogen-bond acceptors (Lipinski definition) is 6. The third-order valence-corrected chi connectivity index (χ3v) is 5.67. The molecular weight excluding hydrogens is 384 g/mol. The van der Waals surface area contributed by atoms with Crippen LogP contribution in [0.1, 0.15) is 15.9 Å². The maximum Gasteiger partial charge on any atom is 0.292 e. The number of carbonyl (C=O) groups is 1. The Morgan fingerprint density at radius 2 is 1.70 bits per heavy atom. The molecular formula is C22H26N4O4. The zero-order valence-electron chi connectivity index (χ0n) is 16.9. The standard InChI is InChI=1S/C22H26N4O4/c27-22(19-5-3-4-18(16-19)17-23-12-14-30-15-13-23)25-10-8-24(9-11-25)20-6-1-2-7-21(20)26(28)29/h1-7,16H,8-15,17H2. The van der Waals surface area contributed by atoms with Gasteiger partial charge in [0.05, 0.1) is 18.1 Å². The Morgan fingerprint density at radius 1 is 0.967 bits per heavy atom. The first kappa shape index (κ1) is 20.3. The molecule has 0 unspecified atom stereocenters. The van der Waals surface area contributed by atoms with E-state index in [0.717, 1.165) is 38.4 Å². The Hall–Kier alpha value is -2.97. The van der Waals surface area contributed by atoms with Crippen LogP contribution in [0, 0.1) is 10.1 Å². The highest BCUT2D eigenvalue weighted by molar-refractivity contribution is 5.94. The molecule has 0 spiro atoms. The summed E-state index contributed by atoms with van der Waals surface area (Å²) in [7, 11) is 0. The van der Waals surface area contributed by atoms with Gasteiger partial charge in [-0.2, -0.15) is 0 Å². The van der Waals surface area contributed by atoms with Crippen molar-refractivity contribution >= 4 is 17.3 Å². The number of amides is 1. The van der Waals surface area contributed by atoms with Crippen LogP contribution in [0.2, 0.25) is 0 Å². The van der Waals surface area contributed by atoms with E-state index >= 15 is 0 Å². The molecule has 1 amide bonds. The average molecular weight is 410 g/mol. The molecule has 0 saturated carbocycles. The molecule has 2 saturated heterocycles. The zero-order valence-corrected chi connectivity index (χ0v) is 16.9. The molecule has 0 bridgehead atoms. The van der Waals surface area contributed by atoms with Crippen LogP contribution in [0.5, 0.6) is 0 Å². The summed E-state index contributed by atoms with van der Waals surface area (Å²) in [6.45, 7) is 6.36. The van der Waals surface area contributed by atoms with E-state index in [1.54, 1.807) is 18.2 Å². The lowest BCUT2D eigenvalue weighted by Crippen LogP contribution is -2.49. The number of rotatable bonds is 5. The summed E-state index contributed by atoms with van der Waals surface area (Å²) >= 11 is 0. The third-order valence-electron chi connectivity index (χ3n) is 5.67. The molecule has 30 heavy (non-hydrogen) atoms. The Balaban J connectivity index is 1.39. The van der Waals surface area contributed by atoms with Crippen molar-refractivity contribution < 1.29 is 14.5 Å². The van der Waals surface area contributed by atoms with Crippen molar-refractivity contribution in [3.8, 4) is 0 Å². The van der Waals surface area contributed by atoms with E-state index in [1.165, 1.54) is 6.07 Å². The summed E-state index contributed by atoms with van der Waals surface area (Å²) in [4.78, 5) is 30.1. The van der Waals surface area contributed by atoms with Gasteiger partial charge in [-0.05, 0) is 23.8 Å². The van der Waals surface area contributed by atoms with Gasteiger partial charge in [0.1, 0.15) is 5.69 Å². The summed E-state index contributed by atoms with van der Waals surface area (Å²) in [5.41, 5.74) is 2.54. The second-order valence-corrected chi connectivity index (χ2v) is 7.61. The molecule has 2 aromatic carbocycles. The van der Waals surface area contributed by atoms with Crippen LogP contribution in [-0.2, 0) is 11.3 Å². The largest absolute Gasteiger partial charge is 0.379 e. The number of nitro benzene ring substituents is 1. The van der Waals surface area contributed by atoms with Crippen LogP contribution in [0.4, 0.5) is 11.4 Å². The van der Waals surface area contributed by atoms with Crippen molar-refractivity contribution in [2.24, 2.45) is 0 Å². The molecule has 0 atom stereocenters. The van der Waals surface area contributed by atoms with E-state index in [-0.39, 0.29) is 16.5 Å². The van der Waals surface area contributed by atoms with Crippen molar-refractivity contribution in [3.63, 3.8) is 0 Å². The van der Waals surface area contributed by atoms with Gasteiger partial charge in [0.15, 0.2) is 0 Å². The van der Waals surface area contributed by atoms with E-state index in [9.17, 15) is 14.9 Å². The number of anilines is 1. The van der Waals surface area contributed by atoms with Gasteiger partial charge in [-0.15, -0.1) is 0 Å². The Labute approximate surface area is 175 Å². The topological polar surface area (TPSA) is 79.2 Å². The minimum atomic E-state index is -0.354. The summed E-state index contributed by atoms with van der Waals surface area (Å²) in [5, 5.41) is 11.3. The smallest absolute Gasteiger partial charge is 0.292 e. The summed E-state index contributed by atoms with van der Waals surface area (Å²) in [6, 6.07) is 14.6. The highest BCUT2D eigenvalue weighted by Crippen LogP contribution is 2.28. The number of para-hydroxylation sites is 2. The first-order chi connectivity index (χ1) is 14.6. The van der Waals surface area contributed by atoms with Gasteiger partial charge < -0.3 is 14.5 Å². The fourth-order valence-corrected chi connectivity index (χ4v) is 4.04. The second kappa shape index (κ2) is 9.23. The fraction of sp³-hybridized carbons (Fsp3) is 0.409. The molecule has 0 aliphatic carbocycles. The third kappa shape index (κ3) is 4.60. The normalized spacial score (nSPS) is 17.7. The van der Waals surface area contributed by atoms with Crippen molar-refractivity contribution in [3.05, 3.63) is 69.8 Å². The van der Waals surface area contributed by atoms with E-state index in [1.807, 2.05) is 28.0 Å². The number of morpholine rings is 1. The number of nitrogens with zero attached hydrogens (tertiary/aromatic N) is 4. The predicted octanol–water partition coefficient (Wildman–Crippen LogP) is 2.39. The lowest BCUT2D eigenvalue weighted by molar-refractivity contribution is -0.384. The van der Waals surface area contributed by atoms with Crippen LogP contribution < -0.4 is 4.90 Å². The molecule has 0 radical (unpaired) electrons. The van der Waals surface area contributed by atoms with Gasteiger partial charge in [-0.25, -0.2) is 0 Å². The minimum absolute atomic E-state index is 0.0149. The van der Waals surface area contributed by atoms with Gasteiger partial charge in [-0.1, -0.05) is 24.3 Å². The zero-order chi connectivity index (χ0) is 20.9.